The number of carbonyl (C=O) groups excluding carboxylic acids is 1. The number of nitrogens with one attached hydrogen (secondary N) is 1. The number of nitriles is 1. The molecule has 1 aromatic carbocycles. The topological polar surface area (TPSA) is 65.8 Å². The molecule has 0 saturated heterocycles. The molecule has 0 aliphatic rings. The highest BCUT2D eigenvalue weighted by atomic mass is 79.9. The number of aromatic nitrogens is 1. The Hall–Kier alpha value is -1.84. The molecule has 0 spiro atoms. The smallest absolute Gasteiger partial charge is 0.234 e. The third kappa shape index (κ3) is 4.08. The van der Waals surface area contributed by atoms with Gasteiger partial charge in [0, 0.05) is 16.4 Å². The van der Waals surface area contributed by atoms with Crippen LogP contribution >= 0.6 is 27.7 Å². The average molecular weight is 348 g/mol. The van der Waals surface area contributed by atoms with Gasteiger partial charge in [0.15, 0.2) is 0 Å². The predicted octanol–water partition coefficient (Wildman–Crippen LogP) is 3.45. The van der Waals surface area contributed by atoms with Crippen molar-refractivity contribution in [2.75, 3.05) is 11.1 Å². The molecule has 0 unspecified atom stereocenters. The van der Waals surface area contributed by atoms with E-state index >= 15 is 0 Å². The van der Waals surface area contributed by atoms with Crippen LogP contribution in [0.4, 0.5) is 5.69 Å². The first kappa shape index (κ1) is 14.6. The largest absolute Gasteiger partial charge is 0.325 e. The summed E-state index contributed by atoms with van der Waals surface area (Å²) in [5, 5.41) is 12.3. The fraction of sp³-hybridized carbons (Fsp3) is 0.0714. The molecule has 0 fully saturated rings. The van der Waals surface area contributed by atoms with E-state index in [4.69, 9.17) is 5.26 Å². The molecule has 20 heavy (non-hydrogen) atoms. The van der Waals surface area contributed by atoms with Crippen molar-refractivity contribution in [1.29, 1.82) is 5.26 Å². The number of amides is 1. The number of halogens is 1. The molecule has 6 heteroatoms. The van der Waals surface area contributed by atoms with Crippen LogP contribution in [0.5, 0.6) is 0 Å². The maximum atomic E-state index is 11.8. The Kier molecular flexibility index (Phi) is 5.16. The lowest BCUT2D eigenvalue weighted by molar-refractivity contribution is -0.113. The Bertz CT molecular complexity index is 669. The molecule has 2 rings (SSSR count). The van der Waals surface area contributed by atoms with Gasteiger partial charge in [-0.3, -0.25) is 4.79 Å². The number of rotatable bonds is 4. The Morgan fingerprint density at radius 1 is 1.40 bits per heavy atom. The first-order chi connectivity index (χ1) is 9.69. The number of hydrogen-bond acceptors (Lipinski definition) is 4. The van der Waals surface area contributed by atoms with Gasteiger partial charge in [-0.25, -0.2) is 4.98 Å². The molecule has 1 heterocycles. The van der Waals surface area contributed by atoms with Crippen molar-refractivity contribution in [3.05, 3.63) is 52.6 Å². The zero-order chi connectivity index (χ0) is 14.4. The van der Waals surface area contributed by atoms with Gasteiger partial charge in [0.25, 0.3) is 0 Å². The second kappa shape index (κ2) is 7.08. The second-order valence-electron chi connectivity index (χ2n) is 3.82. The van der Waals surface area contributed by atoms with Gasteiger partial charge in [-0.2, -0.15) is 5.26 Å². The summed E-state index contributed by atoms with van der Waals surface area (Å²) in [4.78, 5) is 16.0. The maximum absolute atomic E-state index is 11.8. The Labute approximate surface area is 129 Å². The Morgan fingerprint density at radius 2 is 2.25 bits per heavy atom. The van der Waals surface area contributed by atoms with Crippen LogP contribution in [0.25, 0.3) is 0 Å². The predicted molar refractivity (Wildman–Crippen MR) is 82.4 cm³/mol. The van der Waals surface area contributed by atoms with Crippen LogP contribution in [-0.2, 0) is 4.79 Å². The quantitative estimate of drug-likeness (QED) is 0.860. The van der Waals surface area contributed by atoms with E-state index in [1.165, 1.54) is 11.8 Å². The third-order valence-electron chi connectivity index (χ3n) is 2.34. The van der Waals surface area contributed by atoms with Crippen LogP contribution in [0, 0.1) is 11.3 Å². The molecule has 2 aromatic rings. The number of nitrogens with zero attached hydrogens (tertiary/aromatic N) is 2. The normalized spacial score (nSPS) is 9.80. The van der Waals surface area contributed by atoms with Crippen molar-refractivity contribution >= 4 is 39.3 Å². The van der Waals surface area contributed by atoms with E-state index in [9.17, 15) is 4.79 Å². The summed E-state index contributed by atoms with van der Waals surface area (Å²) in [5.41, 5.74) is 1.14. The molecule has 0 radical (unpaired) electrons. The van der Waals surface area contributed by atoms with Gasteiger partial charge in [-0.05, 0) is 46.3 Å². The minimum absolute atomic E-state index is 0.136. The van der Waals surface area contributed by atoms with Gasteiger partial charge in [-0.15, -0.1) is 0 Å². The molecule has 0 aliphatic carbocycles. The number of thioether (sulfide) groups is 1. The van der Waals surface area contributed by atoms with E-state index in [2.05, 4.69) is 26.2 Å². The lowest BCUT2D eigenvalue weighted by Crippen LogP contribution is -2.14. The standard InChI is InChI=1S/C14H10BrN3OS/c15-12-5-2-6-17-14(12)20-9-13(19)18-11-4-1-3-10(7-11)8-16/h1-7H,9H2,(H,18,19). The second-order valence-corrected chi connectivity index (χ2v) is 5.64. The van der Waals surface area contributed by atoms with Crippen molar-refractivity contribution in [3.8, 4) is 6.07 Å². The lowest BCUT2D eigenvalue weighted by Gasteiger charge is -2.05. The van der Waals surface area contributed by atoms with Crippen LogP contribution in [-0.4, -0.2) is 16.6 Å². The highest BCUT2D eigenvalue weighted by Crippen LogP contribution is 2.24. The van der Waals surface area contributed by atoms with E-state index in [0.717, 1.165) is 9.50 Å². The molecule has 0 atom stereocenters. The summed E-state index contributed by atoms with van der Waals surface area (Å²) in [6.07, 6.45) is 1.68. The minimum Gasteiger partial charge on any atom is -0.325 e. The minimum atomic E-state index is -0.136. The summed E-state index contributed by atoms with van der Waals surface area (Å²) in [5.74, 6) is 0.120. The fourth-order valence-corrected chi connectivity index (χ4v) is 2.75. The van der Waals surface area contributed by atoms with Crippen molar-refractivity contribution in [3.63, 3.8) is 0 Å². The lowest BCUT2D eigenvalue weighted by atomic mass is 10.2. The fourth-order valence-electron chi connectivity index (χ4n) is 1.47. The van der Waals surface area contributed by atoms with Crippen LogP contribution in [0.2, 0.25) is 0 Å². The molecule has 1 N–H and O–H groups in total. The van der Waals surface area contributed by atoms with Gasteiger partial charge < -0.3 is 5.32 Å². The van der Waals surface area contributed by atoms with Crippen LogP contribution in [0.3, 0.4) is 0 Å². The van der Waals surface area contributed by atoms with Crippen LogP contribution in [0.15, 0.2) is 52.1 Å². The maximum Gasteiger partial charge on any atom is 0.234 e. The molecule has 0 aliphatic heterocycles. The van der Waals surface area contributed by atoms with Crippen molar-refractivity contribution < 1.29 is 4.79 Å². The summed E-state index contributed by atoms with van der Waals surface area (Å²) < 4.78 is 0.865. The summed E-state index contributed by atoms with van der Waals surface area (Å²) >= 11 is 4.73. The van der Waals surface area contributed by atoms with Gasteiger partial charge in [0.2, 0.25) is 5.91 Å². The highest BCUT2D eigenvalue weighted by molar-refractivity contribution is 9.10. The van der Waals surface area contributed by atoms with Crippen LogP contribution < -0.4 is 5.32 Å². The first-order valence-corrected chi connectivity index (χ1v) is 7.50. The monoisotopic (exact) mass is 347 g/mol. The Balaban J connectivity index is 1.93. The number of hydrogen-bond donors (Lipinski definition) is 1. The van der Waals surface area contributed by atoms with E-state index < -0.39 is 0 Å². The molecular weight excluding hydrogens is 338 g/mol. The van der Waals surface area contributed by atoms with Gasteiger partial charge in [0.1, 0.15) is 5.03 Å². The molecule has 0 bridgehead atoms. The molecule has 100 valence electrons. The van der Waals surface area contributed by atoms with Gasteiger partial charge >= 0.3 is 0 Å². The van der Waals surface area contributed by atoms with E-state index in [-0.39, 0.29) is 11.7 Å². The molecule has 1 amide bonds. The highest BCUT2D eigenvalue weighted by Gasteiger charge is 2.07. The van der Waals surface area contributed by atoms with Gasteiger partial charge in [-0.1, -0.05) is 17.8 Å². The van der Waals surface area contributed by atoms with Crippen molar-refractivity contribution in [2.24, 2.45) is 0 Å². The molecule has 0 saturated carbocycles. The van der Waals surface area contributed by atoms with E-state index in [1.807, 2.05) is 18.2 Å². The number of pyridine rings is 1. The van der Waals surface area contributed by atoms with Crippen LogP contribution in [0.1, 0.15) is 5.56 Å². The molecular formula is C14H10BrN3OS. The van der Waals surface area contributed by atoms with Crippen molar-refractivity contribution in [2.45, 2.75) is 5.03 Å². The summed E-state index contributed by atoms with van der Waals surface area (Å²) in [7, 11) is 0. The zero-order valence-electron chi connectivity index (χ0n) is 10.3. The third-order valence-corrected chi connectivity index (χ3v) is 4.25. The SMILES string of the molecule is N#Cc1cccc(NC(=O)CSc2ncccc2Br)c1. The Morgan fingerprint density at radius 3 is 3.00 bits per heavy atom. The number of benzene rings is 1. The first-order valence-electron chi connectivity index (χ1n) is 5.72. The van der Waals surface area contributed by atoms with Crippen molar-refractivity contribution in [1.82, 2.24) is 4.98 Å². The zero-order valence-corrected chi connectivity index (χ0v) is 12.7. The summed E-state index contributed by atoms with van der Waals surface area (Å²) in [6, 6.07) is 12.5. The number of carbonyl (C=O) groups is 1. The summed E-state index contributed by atoms with van der Waals surface area (Å²) in [6.45, 7) is 0. The van der Waals surface area contributed by atoms with E-state index in [1.54, 1.807) is 30.5 Å². The molecule has 1 aromatic heterocycles. The average Bonchev–Trinajstić information content (AvgIpc) is 2.46. The van der Waals surface area contributed by atoms with E-state index in [0.29, 0.717) is 11.3 Å². The van der Waals surface area contributed by atoms with Gasteiger partial charge in [0.05, 0.1) is 17.4 Å². The number of anilines is 1. The molecule has 4 nitrogen and oxygen atoms in total.